The maximum absolute atomic E-state index is 13.7. The largest absolute Gasteiger partial charge is 0.306 e. The highest BCUT2D eigenvalue weighted by Gasteiger charge is 2.47. The molecule has 1 aromatic heterocycles. The number of nitrogens with one attached hydrogen (secondary N) is 1. The standard InChI is InChI=1S/C20H18F2N2O/c1-12-9-20(7-8-20)10-14(12)13-5-6-17(23-11-13)24-19(25)18-15(21)3-2-4-16(18)22/h2-6,11H,7-10H2,1H3,(H,23,24,25). The first-order chi connectivity index (χ1) is 12.0. The molecule has 1 aromatic carbocycles. The van der Waals surface area contributed by atoms with E-state index in [0.717, 1.165) is 30.5 Å². The Bertz CT molecular complexity index is 863. The SMILES string of the molecule is CC1=C(c2ccc(NC(=O)c3c(F)cccc3F)nc2)CC2(CC2)C1. The Morgan fingerprint density at radius 1 is 1.12 bits per heavy atom. The van der Waals surface area contributed by atoms with Gasteiger partial charge in [0.1, 0.15) is 23.0 Å². The van der Waals surface area contributed by atoms with Gasteiger partial charge < -0.3 is 5.32 Å². The third-order valence-electron chi connectivity index (χ3n) is 5.21. The Kier molecular flexibility index (Phi) is 3.67. The van der Waals surface area contributed by atoms with E-state index < -0.39 is 23.1 Å². The van der Waals surface area contributed by atoms with Gasteiger partial charge in [-0.1, -0.05) is 11.6 Å². The molecule has 0 bridgehead atoms. The van der Waals surface area contributed by atoms with Crippen molar-refractivity contribution in [2.24, 2.45) is 5.41 Å². The molecule has 128 valence electrons. The molecule has 0 aliphatic heterocycles. The van der Waals surface area contributed by atoms with Crippen LogP contribution in [-0.4, -0.2) is 10.9 Å². The fraction of sp³-hybridized carbons (Fsp3) is 0.300. The predicted octanol–water partition coefficient (Wildman–Crippen LogP) is 4.96. The van der Waals surface area contributed by atoms with Crippen molar-refractivity contribution in [1.82, 2.24) is 4.98 Å². The first-order valence-electron chi connectivity index (χ1n) is 8.38. The molecule has 3 nitrogen and oxygen atoms in total. The molecule has 0 radical (unpaired) electrons. The zero-order chi connectivity index (χ0) is 17.6. The molecule has 2 aromatic rings. The number of hydrogen-bond acceptors (Lipinski definition) is 2. The van der Waals surface area contributed by atoms with Gasteiger partial charge in [-0.05, 0) is 73.4 Å². The highest BCUT2D eigenvalue weighted by atomic mass is 19.1. The summed E-state index contributed by atoms with van der Waals surface area (Å²) in [7, 11) is 0. The van der Waals surface area contributed by atoms with E-state index in [4.69, 9.17) is 0 Å². The van der Waals surface area contributed by atoms with Crippen LogP contribution in [0.15, 0.2) is 42.1 Å². The molecular formula is C20H18F2N2O. The number of anilines is 1. The summed E-state index contributed by atoms with van der Waals surface area (Å²) in [6.45, 7) is 2.17. The van der Waals surface area contributed by atoms with Crippen LogP contribution in [0.1, 0.15) is 48.5 Å². The fourth-order valence-electron chi connectivity index (χ4n) is 3.68. The van der Waals surface area contributed by atoms with Crippen molar-refractivity contribution in [2.45, 2.75) is 32.6 Å². The number of pyridine rings is 1. The summed E-state index contributed by atoms with van der Waals surface area (Å²) in [5.74, 6) is -2.36. The van der Waals surface area contributed by atoms with E-state index in [1.807, 2.05) is 6.07 Å². The lowest BCUT2D eigenvalue weighted by Crippen LogP contribution is -2.16. The van der Waals surface area contributed by atoms with Crippen LogP contribution in [0.25, 0.3) is 5.57 Å². The summed E-state index contributed by atoms with van der Waals surface area (Å²) in [5, 5.41) is 2.45. The predicted molar refractivity (Wildman–Crippen MR) is 92.0 cm³/mol. The molecule has 1 heterocycles. The van der Waals surface area contributed by atoms with Crippen molar-refractivity contribution in [3.63, 3.8) is 0 Å². The van der Waals surface area contributed by atoms with Crippen molar-refractivity contribution in [3.05, 3.63) is 64.9 Å². The first-order valence-corrected chi connectivity index (χ1v) is 8.38. The topological polar surface area (TPSA) is 42.0 Å². The van der Waals surface area contributed by atoms with Gasteiger partial charge in [-0.2, -0.15) is 0 Å². The van der Waals surface area contributed by atoms with Crippen LogP contribution < -0.4 is 5.32 Å². The van der Waals surface area contributed by atoms with E-state index in [1.165, 1.54) is 30.1 Å². The Labute approximate surface area is 144 Å². The number of halogens is 2. The number of aromatic nitrogens is 1. The second-order valence-corrected chi connectivity index (χ2v) is 7.10. The lowest BCUT2D eigenvalue weighted by Gasteiger charge is -2.09. The monoisotopic (exact) mass is 340 g/mol. The van der Waals surface area contributed by atoms with Crippen LogP contribution in [-0.2, 0) is 0 Å². The Morgan fingerprint density at radius 3 is 2.40 bits per heavy atom. The molecule has 5 heteroatoms. The Balaban J connectivity index is 1.51. The summed E-state index contributed by atoms with van der Waals surface area (Å²) in [6, 6.07) is 6.90. The van der Waals surface area contributed by atoms with Gasteiger partial charge >= 0.3 is 0 Å². The van der Waals surface area contributed by atoms with Crippen molar-refractivity contribution >= 4 is 17.3 Å². The van der Waals surface area contributed by atoms with Crippen LogP contribution in [0.3, 0.4) is 0 Å². The zero-order valence-electron chi connectivity index (χ0n) is 13.9. The van der Waals surface area contributed by atoms with Crippen LogP contribution in [0, 0.1) is 17.0 Å². The number of carbonyl (C=O) groups excluding carboxylic acids is 1. The Hall–Kier alpha value is -2.56. The molecule has 1 amide bonds. The van der Waals surface area contributed by atoms with E-state index in [0.29, 0.717) is 5.41 Å². The van der Waals surface area contributed by atoms with Crippen molar-refractivity contribution in [2.75, 3.05) is 5.32 Å². The molecule has 25 heavy (non-hydrogen) atoms. The normalized spacial score (nSPS) is 17.9. The van der Waals surface area contributed by atoms with Gasteiger partial charge in [0, 0.05) is 6.20 Å². The van der Waals surface area contributed by atoms with Gasteiger partial charge in [0.25, 0.3) is 5.91 Å². The van der Waals surface area contributed by atoms with E-state index in [-0.39, 0.29) is 5.82 Å². The van der Waals surface area contributed by atoms with Crippen LogP contribution in [0.2, 0.25) is 0 Å². The summed E-state index contributed by atoms with van der Waals surface area (Å²) >= 11 is 0. The zero-order valence-corrected chi connectivity index (χ0v) is 13.9. The second-order valence-electron chi connectivity index (χ2n) is 7.10. The highest BCUT2D eigenvalue weighted by molar-refractivity contribution is 6.04. The number of rotatable bonds is 3. The molecule has 0 unspecified atom stereocenters. The van der Waals surface area contributed by atoms with Gasteiger partial charge in [0.15, 0.2) is 0 Å². The van der Waals surface area contributed by atoms with Crippen LogP contribution in [0.4, 0.5) is 14.6 Å². The third-order valence-corrected chi connectivity index (χ3v) is 5.21. The molecule has 2 aliphatic rings. The summed E-state index contributed by atoms with van der Waals surface area (Å²) in [4.78, 5) is 16.3. The fourth-order valence-corrected chi connectivity index (χ4v) is 3.68. The molecular weight excluding hydrogens is 322 g/mol. The quantitative estimate of drug-likeness (QED) is 0.858. The molecule has 0 atom stereocenters. The van der Waals surface area contributed by atoms with Gasteiger partial charge in [-0.25, -0.2) is 13.8 Å². The van der Waals surface area contributed by atoms with Crippen LogP contribution in [0.5, 0.6) is 0 Å². The molecule has 1 saturated carbocycles. The van der Waals surface area contributed by atoms with E-state index in [2.05, 4.69) is 17.2 Å². The van der Waals surface area contributed by atoms with Gasteiger partial charge in [0.05, 0.1) is 0 Å². The number of amides is 1. The highest BCUT2D eigenvalue weighted by Crippen LogP contribution is 2.61. The third kappa shape index (κ3) is 2.95. The molecule has 2 aliphatic carbocycles. The molecule has 1 N–H and O–H groups in total. The van der Waals surface area contributed by atoms with Gasteiger partial charge in [0.2, 0.25) is 0 Å². The minimum absolute atomic E-state index is 0.272. The molecule has 0 saturated heterocycles. The van der Waals surface area contributed by atoms with Crippen molar-refractivity contribution in [1.29, 1.82) is 0 Å². The number of benzene rings is 1. The lowest BCUT2D eigenvalue weighted by molar-refractivity contribution is 0.101. The average molecular weight is 340 g/mol. The Morgan fingerprint density at radius 2 is 1.84 bits per heavy atom. The van der Waals surface area contributed by atoms with Crippen LogP contribution >= 0.6 is 0 Å². The van der Waals surface area contributed by atoms with Crippen molar-refractivity contribution in [3.8, 4) is 0 Å². The second kappa shape index (κ2) is 5.76. The number of allylic oxidation sites excluding steroid dienone is 2. The van der Waals surface area contributed by atoms with Crippen molar-refractivity contribution < 1.29 is 13.6 Å². The first kappa shape index (κ1) is 15.9. The summed E-state index contributed by atoms with van der Waals surface area (Å²) < 4.78 is 27.3. The minimum atomic E-state index is -0.893. The summed E-state index contributed by atoms with van der Waals surface area (Å²) in [6.07, 6.45) is 6.56. The summed E-state index contributed by atoms with van der Waals surface area (Å²) in [5.41, 5.74) is 3.69. The average Bonchev–Trinajstić information content (AvgIpc) is 3.24. The van der Waals surface area contributed by atoms with E-state index >= 15 is 0 Å². The van der Waals surface area contributed by atoms with Gasteiger partial charge in [-0.3, -0.25) is 4.79 Å². The van der Waals surface area contributed by atoms with E-state index in [9.17, 15) is 13.6 Å². The maximum Gasteiger partial charge on any atom is 0.262 e. The van der Waals surface area contributed by atoms with E-state index in [1.54, 1.807) is 12.3 Å². The molecule has 4 rings (SSSR count). The smallest absolute Gasteiger partial charge is 0.262 e. The number of hydrogen-bond donors (Lipinski definition) is 1. The van der Waals surface area contributed by atoms with Gasteiger partial charge in [-0.15, -0.1) is 0 Å². The maximum atomic E-state index is 13.7. The number of nitrogens with zero attached hydrogens (tertiary/aromatic N) is 1. The molecule has 1 fully saturated rings. The number of carbonyl (C=O) groups is 1. The lowest BCUT2D eigenvalue weighted by atomic mass is 10.00. The molecule has 1 spiro atoms. The minimum Gasteiger partial charge on any atom is -0.306 e.